The molecular formula is C20H13FN4O5S2. The Bertz CT molecular complexity index is 1350. The number of rotatable bonds is 3. The van der Waals surface area contributed by atoms with Gasteiger partial charge in [0.25, 0.3) is 5.91 Å². The van der Waals surface area contributed by atoms with Gasteiger partial charge < -0.3 is 4.74 Å². The first-order chi connectivity index (χ1) is 15.1. The molecule has 162 valence electrons. The van der Waals surface area contributed by atoms with Crippen molar-refractivity contribution in [1.29, 1.82) is 5.41 Å². The fraction of sp³-hybridized carbons (Fsp3) is 0.0500. The summed E-state index contributed by atoms with van der Waals surface area (Å²) in [6.45, 7) is 0. The molecule has 12 heteroatoms. The predicted molar refractivity (Wildman–Crippen MR) is 118 cm³/mol. The van der Waals surface area contributed by atoms with E-state index in [1.165, 1.54) is 30.3 Å². The Morgan fingerprint density at radius 2 is 1.81 bits per heavy atom. The van der Waals surface area contributed by atoms with Gasteiger partial charge in [-0.05, 0) is 48.0 Å². The molecule has 4 rings (SSSR count). The number of fused-ring (bicyclic) bond motifs is 1. The van der Waals surface area contributed by atoms with Gasteiger partial charge in [0.2, 0.25) is 20.2 Å². The first kappa shape index (κ1) is 21.6. The number of amidine groups is 3. The zero-order valence-electron chi connectivity index (χ0n) is 16.3. The van der Waals surface area contributed by atoms with Gasteiger partial charge in [0.15, 0.2) is 0 Å². The van der Waals surface area contributed by atoms with E-state index in [-0.39, 0.29) is 33.1 Å². The van der Waals surface area contributed by atoms with Gasteiger partial charge >= 0.3 is 5.97 Å². The van der Waals surface area contributed by atoms with Crippen molar-refractivity contribution in [3.8, 4) is 5.75 Å². The Hall–Kier alpha value is -3.64. The van der Waals surface area contributed by atoms with Gasteiger partial charge in [0, 0.05) is 6.26 Å². The van der Waals surface area contributed by atoms with Crippen molar-refractivity contribution < 1.29 is 27.1 Å². The summed E-state index contributed by atoms with van der Waals surface area (Å²) < 4.78 is 45.8. The van der Waals surface area contributed by atoms with Gasteiger partial charge in [-0.2, -0.15) is 9.39 Å². The highest BCUT2D eigenvalue weighted by Crippen LogP contribution is 2.29. The molecule has 1 amide bonds. The van der Waals surface area contributed by atoms with E-state index >= 15 is 0 Å². The summed E-state index contributed by atoms with van der Waals surface area (Å²) >= 11 is 0.710. The zero-order chi connectivity index (χ0) is 23.0. The fourth-order valence-corrected chi connectivity index (χ4v) is 4.63. The van der Waals surface area contributed by atoms with Gasteiger partial charge in [-0.15, -0.1) is 0 Å². The Balaban J connectivity index is 1.54. The smallest absolute Gasteiger partial charge is 0.343 e. The fourth-order valence-electron chi connectivity index (χ4n) is 2.79. The van der Waals surface area contributed by atoms with Crippen molar-refractivity contribution in [2.45, 2.75) is 0 Å². The molecule has 0 aromatic heterocycles. The third-order valence-corrected chi connectivity index (χ3v) is 6.06. The van der Waals surface area contributed by atoms with Gasteiger partial charge in [-0.1, -0.05) is 12.1 Å². The first-order valence-corrected chi connectivity index (χ1v) is 11.6. The third kappa shape index (κ3) is 4.22. The highest BCUT2D eigenvalue weighted by atomic mass is 32.2. The van der Waals surface area contributed by atoms with Crippen LogP contribution in [0, 0.1) is 11.2 Å². The van der Waals surface area contributed by atoms with Crippen molar-refractivity contribution in [2.75, 3.05) is 6.26 Å². The maximum absolute atomic E-state index is 13.0. The Morgan fingerprint density at radius 3 is 2.44 bits per heavy atom. The molecule has 32 heavy (non-hydrogen) atoms. The molecule has 0 spiro atoms. The molecule has 2 aliphatic heterocycles. The molecule has 0 aliphatic carbocycles. The topological polar surface area (TPSA) is 129 Å². The van der Waals surface area contributed by atoms with Gasteiger partial charge in [0.05, 0.1) is 23.1 Å². The van der Waals surface area contributed by atoms with Crippen LogP contribution < -0.4 is 4.74 Å². The van der Waals surface area contributed by atoms with E-state index in [1.54, 1.807) is 12.1 Å². The van der Waals surface area contributed by atoms with E-state index in [2.05, 4.69) is 9.39 Å². The van der Waals surface area contributed by atoms with Gasteiger partial charge in [-0.3, -0.25) is 10.2 Å². The molecule has 0 radical (unpaired) electrons. The van der Waals surface area contributed by atoms with E-state index in [1.807, 2.05) is 0 Å². The van der Waals surface area contributed by atoms with Crippen molar-refractivity contribution in [3.63, 3.8) is 0 Å². The molecule has 0 unspecified atom stereocenters. The summed E-state index contributed by atoms with van der Waals surface area (Å²) in [7, 11) is -3.74. The average molecular weight is 472 g/mol. The highest BCUT2D eigenvalue weighted by molar-refractivity contribution is 8.16. The summed E-state index contributed by atoms with van der Waals surface area (Å²) in [4.78, 5) is 29.3. The predicted octanol–water partition coefficient (Wildman–Crippen LogP) is 2.67. The minimum atomic E-state index is -3.74. The summed E-state index contributed by atoms with van der Waals surface area (Å²) in [5.41, 5.74) is 0.547. The van der Waals surface area contributed by atoms with Crippen LogP contribution in [0.3, 0.4) is 0 Å². The van der Waals surface area contributed by atoms with Crippen molar-refractivity contribution in [2.24, 2.45) is 9.39 Å². The summed E-state index contributed by atoms with van der Waals surface area (Å²) in [5, 5.41) is 7.94. The van der Waals surface area contributed by atoms with E-state index in [0.29, 0.717) is 17.5 Å². The lowest BCUT2D eigenvalue weighted by Gasteiger charge is -2.23. The van der Waals surface area contributed by atoms with Crippen LogP contribution in [0.5, 0.6) is 5.75 Å². The molecule has 0 saturated heterocycles. The van der Waals surface area contributed by atoms with E-state index in [0.717, 1.165) is 23.3 Å². The molecule has 2 aromatic carbocycles. The number of benzene rings is 2. The van der Waals surface area contributed by atoms with Crippen molar-refractivity contribution >= 4 is 55.9 Å². The number of sulfone groups is 1. The number of nitrogens with zero attached hydrogens (tertiary/aromatic N) is 3. The van der Waals surface area contributed by atoms with E-state index < -0.39 is 27.5 Å². The minimum Gasteiger partial charge on any atom is -0.423 e. The highest BCUT2D eigenvalue weighted by Gasteiger charge is 2.41. The second-order valence-corrected chi connectivity index (χ2v) is 9.28. The number of hydrogen-bond donors (Lipinski definition) is 1. The average Bonchev–Trinajstić information content (AvgIpc) is 3.17. The van der Waals surface area contributed by atoms with Crippen LogP contribution in [-0.2, 0) is 14.6 Å². The van der Waals surface area contributed by atoms with Crippen LogP contribution in [0.15, 0.2) is 63.5 Å². The van der Waals surface area contributed by atoms with Gasteiger partial charge in [-0.25, -0.2) is 22.5 Å². The minimum absolute atomic E-state index is 0.000582. The maximum atomic E-state index is 13.0. The van der Waals surface area contributed by atoms with Crippen molar-refractivity contribution in [3.05, 3.63) is 71.0 Å². The molecule has 0 atom stereocenters. The summed E-state index contributed by atoms with van der Waals surface area (Å²) in [6, 6.07) is 11.0. The molecular weight excluding hydrogens is 459 g/mol. The maximum Gasteiger partial charge on any atom is 0.343 e. The second kappa shape index (κ2) is 8.13. The third-order valence-electron chi connectivity index (χ3n) is 4.31. The number of ether oxygens (including phenoxy) is 1. The Morgan fingerprint density at radius 1 is 1.16 bits per heavy atom. The van der Waals surface area contributed by atoms with Crippen molar-refractivity contribution in [1.82, 2.24) is 4.90 Å². The molecule has 0 saturated carbocycles. The van der Waals surface area contributed by atoms with Crippen LogP contribution in [0.2, 0.25) is 0 Å². The number of esters is 1. The zero-order valence-corrected chi connectivity index (χ0v) is 17.9. The number of amides is 1. The quantitative estimate of drug-likeness (QED) is 0.315. The summed E-state index contributed by atoms with van der Waals surface area (Å²) in [5.74, 6) is -1.98. The van der Waals surface area contributed by atoms with Crippen LogP contribution in [0.25, 0.3) is 6.08 Å². The lowest BCUT2D eigenvalue weighted by molar-refractivity contribution is -0.114. The van der Waals surface area contributed by atoms with E-state index in [9.17, 15) is 22.4 Å². The van der Waals surface area contributed by atoms with Crippen LogP contribution >= 0.6 is 11.9 Å². The number of carbonyl (C=O) groups excluding carboxylic acids is 2. The normalized spacial score (nSPS) is 17.2. The van der Waals surface area contributed by atoms with E-state index in [4.69, 9.17) is 10.1 Å². The Labute approximate surface area is 185 Å². The Kier molecular flexibility index (Phi) is 5.48. The molecule has 0 bridgehead atoms. The SMILES string of the molecule is CS(=O)(=O)C1=NSC2=NC(=O)/C(=C\c3ccc(OC(=O)c4ccc(F)cc4)cc3)C(=N)N21. The standard InChI is InChI=1S/C20H13FN4O5S2/c1-32(28,29)20-24-31-19-23-17(26)15(16(22)25(19)20)10-11-2-8-14(9-3-11)30-18(27)12-4-6-13(21)7-5-12/h2-10,22H,1H3/b15-10-,22-16?. The molecule has 9 nitrogen and oxygen atoms in total. The molecule has 2 aromatic rings. The van der Waals surface area contributed by atoms with Crippen LogP contribution in [0.4, 0.5) is 4.39 Å². The first-order valence-electron chi connectivity index (χ1n) is 8.90. The molecule has 0 fully saturated rings. The largest absolute Gasteiger partial charge is 0.423 e. The summed E-state index contributed by atoms with van der Waals surface area (Å²) in [6.07, 6.45) is 2.33. The lowest BCUT2D eigenvalue weighted by atomic mass is 10.1. The number of hydrogen-bond acceptors (Lipinski definition) is 8. The number of aliphatic imine (C=N–C) groups is 1. The second-order valence-electron chi connectivity index (χ2n) is 6.64. The van der Waals surface area contributed by atoms with Gasteiger partial charge in [0.1, 0.15) is 17.4 Å². The lowest BCUT2D eigenvalue weighted by Crippen LogP contribution is -2.45. The van der Waals surface area contributed by atoms with Crippen LogP contribution in [0.1, 0.15) is 15.9 Å². The number of carbonyl (C=O) groups is 2. The number of nitrogens with one attached hydrogen (secondary N) is 1. The van der Waals surface area contributed by atoms with Crippen LogP contribution in [-0.4, -0.2) is 47.6 Å². The number of halogens is 1. The monoisotopic (exact) mass is 472 g/mol. The molecule has 2 aliphatic rings. The molecule has 2 heterocycles. The molecule has 1 N–H and O–H groups in total.